The number of nitrogens with one attached hydrogen (secondary N) is 1. The minimum atomic E-state index is 0.677. The van der Waals surface area contributed by atoms with E-state index in [9.17, 15) is 0 Å². The van der Waals surface area contributed by atoms with E-state index in [1.807, 2.05) is 6.08 Å². The number of nitrogens with zero attached hydrogens (tertiary/aromatic N) is 2. The Kier molecular flexibility index (Phi) is 6.57. The number of pyridine rings is 1. The summed E-state index contributed by atoms with van der Waals surface area (Å²) >= 11 is 0. The van der Waals surface area contributed by atoms with E-state index in [1.54, 1.807) is 0 Å². The van der Waals surface area contributed by atoms with Gasteiger partial charge in [0.05, 0.1) is 0 Å². The van der Waals surface area contributed by atoms with E-state index in [1.165, 1.54) is 5.56 Å². The molecule has 1 aromatic rings. The second-order valence-electron chi connectivity index (χ2n) is 5.27. The summed E-state index contributed by atoms with van der Waals surface area (Å²) in [5.41, 5.74) is 2.38. The second-order valence-corrected chi connectivity index (χ2v) is 5.27. The monoisotopic (exact) mass is 261 g/mol. The Bertz CT molecular complexity index is 399. The Morgan fingerprint density at radius 2 is 2.16 bits per heavy atom. The van der Waals surface area contributed by atoms with E-state index in [0.717, 1.165) is 37.7 Å². The van der Waals surface area contributed by atoms with Gasteiger partial charge in [-0.2, -0.15) is 0 Å². The zero-order valence-electron chi connectivity index (χ0n) is 12.7. The fraction of sp³-hybridized carbons (Fsp3) is 0.562. The third-order valence-electron chi connectivity index (χ3n) is 3.10. The van der Waals surface area contributed by atoms with Crippen molar-refractivity contribution in [2.24, 2.45) is 5.92 Å². The third-order valence-corrected chi connectivity index (χ3v) is 3.10. The molecule has 0 bridgehead atoms. The molecule has 0 spiro atoms. The maximum absolute atomic E-state index is 4.70. The molecule has 3 nitrogen and oxygen atoms in total. The van der Waals surface area contributed by atoms with E-state index in [0.29, 0.717) is 5.92 Å². The molecule has 0 saturated carbocycles. The molecule has 0 aliphatic rings. The Hall–Kier alpha value is -1.35. The quantitative estimate of drug-likeness (QED) is 0.729. The zero-order valence-corrected chi connectivity index (χ0v) is 12.7. The molecule has 0 aliphatic heterocycles. The molecule has 1 rings (SSSR count). The van der Waals surface area contributed by atoms with Crippen molar-refractivity contribution in [1.29, 1.82) is 0 Å². The Morgan fingerprint density at radius 3 is 2.68 bits per heavy atom. The fourth-order valence-corrected chi connectivity index (χ4v) is 1.98. The summed E-state index contributed by atoms with van der Waals surface area (Å²) in [6.07, 6.45) is 1.92. The van der Waals surface area contributed by atoms with Gasteiger partial charge in [-0.3, -0.25) is 0 Å². The van der Waals surface area contributed by atoms with Crippen LogP contribution in [0.15, 0.2) is 24.8 Å². The molecule has 3 heteroatoms. The van der Waals surface area contributed by atoms with Crippen molar-refractivity contribution in [1.82, 2.24) is 10.3 Å². The molecule has 0 saturated heterocycles. The van der Waals surface area contributed by atoms with Crippen LogP contribution in [0.25, 0.3) is 0 Å². The van der Waals surface area contributed by atoms with E-state index in [2.05, 4.69) is 56.6 Å². The van der Waals surface area contributed by atoms with Gasteiger partial charge < -0.3 is 10.2 Å². The first kappa shape index (κ1) is 15.7. The van der Waals surface area contributed by atoms with Gasteiger partial charge in [0.2, 0.25) is 0 Å². The SMILES string of the molecule is C=CCN(CC)c1ccc(CNCC(C)C)c(C)n1. The summed E-state index contributed by atoms with van der Waals surface area (Å²) in [7, 11) is 0. The topological polar surface area (TPSA) is 28.2 Å². The van der Waals surface area contributed by atoms with Crippen LogP contribution in [0.4, 0.5) is 5.82 Å². The first-order valence-corrected chi connectivity index (χ1v) is 7.11. The molecule has 0 amide bonds. The Morgan fingerprint density at radius 1 is 1.42 bits per heavy atom. The van der Waals surface area contributed by atoms with Crippen molar-refractivity contribution >= 4 is 5.82 Å². The summed E-state index contributed by atoms with van der Waals surface area (Å²) in [4.78, 5) is 6.91. The summed E-state index contributed by atoms with van der Waals surface area (Å²) < 4.78 is 0. The number of hydrogen-bond donors (Lipinski definition) is 1. The van der Waals surface area contributed by atoms with Gasteiger partial charge in [0, 0.05) is 25.3 Å². The summed E-state index contributed by atoms with van der Waals surface area (Å²) in [6.45, 7) is 16.2. The molecule has 1 heterocycles. The number of likely N-dealkylation sites (N-methyl/N-ethyl adjacent to an activating group) is 1. The van der Waals surface area contributed by atoms with E-state index >= 15 is 0 Å². The van der Waals surface area contributed by atoms with Crippen molar-refractivity contribution in [2.75, 3.05) is 24.5 Å². The van der Waals surface area contributed by atoms with Crippen LogP contribution in [-0.4, -0.2) is 24.6 Å². The highest BCUT2D eigenvalue weighted by Gasteiger charge is 2.07. The molecular weight excluding hydrogens is 234 g/mol. The molecule has 1 aromatic heterocycles. The van der Waals surface area contributed by atoms with Crippen molar-refractivity contribution in [3.05, 3.63) is 36.0 Å². The van der Waals surface area contributed by atoms with E-state index in [-0.39, 0.29) is 0 Å². The fourth-order valence-electron chi connectivity index (χ4n) is 1.98. The predicted octanol–water partition coefficient (Wildman–Crippen LogP) is 3.15. The van der Waals surface area contributed by atoms with E-state index in [4.69, 9.17) is 4.98 Å². The maximum atomic E-state index is 4.70. The second kappa shape index (κ2) is 7.95. The third kappa shape index (κ3) is 5.03. The molecule has 0 atom stereocenters. The average molecular weight is 261 g/mol. The van der Waals surface area contributed by atoms with Crippen LogP contribution in [0.2, 0.25) is 0 Å². The normalized spacial score (nSPS) is 10.8. The smallest absolute Gasteiger partial charge is 0.129 e. The Balaban J connectivity index is 2.70. The maximum Gasteiger partial charge on any atom is 0.129 e. The highest BCUT2D eigenvalue weighted by molar-refractivity contribution is 5.42. The largest absolute Gasteiger partial charge is 0.353 e. The highest BCUT2D eigenvalue weighted by Crippen LogP contribution is 2.14. The van der Waals surface area contributed by atoms with Gasteiger partial charge in [-0.15, -0.1) is 6.58 Å². The molecule has 0 aromatic carbocycles. The minimum Gasteiger partial charge on any atom is -0.353 e. The molecule has 1 N–H and O–H groups in total. The van der Waals surface area contributed by atoms with Crippen LogP contribution in [0, 0.1) is 12.8 Å². The zero-order chi connectivity index (χ0) is 14.3. The molecular formula is C16H27N3. The van der Waals surface area contributed by atoms with Crippen LogP contribution in [0.5, 0.6) is 0 Å². The standard InChI is InChI=1S/C16H27N3/c1-6-10-19(7-2)16-9-8-15(14(5)18-16)12-17-11-13(3)4/h6,8-9,13,17H,1,7,10-12H2,2-5H3. The highest BCUT2D eigenvalue weighted by atomic mass is 15.2. The van der Waals surface area contributed by atoms with Gasteiger partial charge in [-0.25, -0.2) is 4.98 Å². The van der Waals surface area contributed by atoms with Crippen LogP contribution in [0.1, 0.15) is 32.0 Å². The van der Waals surface area contributed by atoms with Crippen LogP contribution in [0.3, 0.4) is 0 Å². The lowest BCUT2D eigenvalue weighted by atomic mass is 10.1. The van der Waals surface area contributed by atoms with Gasteiger partial charge in [0.15, 0.2) is 0 Å². The first-order chi connectivity index (χ1) is 9.08. The summed E-state index contributed by atoms with van der Waals surface area (Å²) in [6, 6.07) is 4.28. The van der Waals surface area contributed by atoms with Crippen LogP contribution < -0.4 is 10.2 Å². The number of aryl methyl sites for hydroxylation is 1. The van der Waals surface area contributed by atoms with Crippen LogP contribution >= 0.6 is 0 Å². The lowest BCUT2D eigenvalue weighted by Crippen LogP contribution is -2.24. The number of rotatable bonds is 8. The van der Waals surface area contributed by atoms with Gasteiger partial charge in [0.1, 0.15) is 5.82 Å². The summed E-state index contributed by atoms with van der Waals surface area (Å²) in [5, 5.41) is 3.46. The van der Waals surface area contributed by atoms with E-state index < -0.39 is 0 Å². The Labute approximate surface area is 117 Å². The molecule has 19 heavy (non-hydrogen) atoms. The van der Waals surface area contributed by atoms with Gasteiger partial charge in [0.25, 0.3) is 0 Å². The van der Waals surface area contributed by atoms with Crippen molar-refractivity contribution < 1.29 is 0 Å². The number of anilines is 1. The lowest BCUT2D eigenvalue weighted by molar-refractivity contribution is 0.551. The molecule has 106 valence electrons. The number of aromatic nitrogens is 1. The van der Waals surface area contributed by atoms with Gasteiger partial charge >= 0.3 is 0 Å². The van der Waals surface area contributed by atoms with Crippen LogP contribution in [-0.2, 0) is 6.54 Å². The summed E-state index contributed by atoms with van der Waals surface area (Å²) in [5.74, 6) is 1.71. The molecule has 0 fully saturated rings. The van der Waals surface area contributed by atoms with Gasteiger partial charge in [-0.1, -0.05) is 26.0 Å². The van der Waals surface area contributed by atoms with Crippen molar-refractivity contribution in [3.63, 3.8) is 0 Å². The minimum absolute atomic E-state index is 0.677. The lowest BCUT2D eigenvalue weighted by Gasteiger charge is -2.21. The molecule has 0 radical (unpaired) electrons. The molecule has 0 aliphatic carbocycles. The number of hydrogen-bond acceptors (Lipinski definition) is 3. The predicted molar refractivity (Wildman–Crippen MR) is 83.6 cm³/mol. The van der Waals surface area contributed by atoms with Crippen molar-refractivity contribution in [2.45, 2.75) is 34.2 Å². The average Bonchev–Trinajstić information content (AvgIpc) is 2.37. The molecule has 0 unspecified atom stereocenters. The first-order valence-electron chi connectivity index (χ1n) is 7.11. The van der Waals surface area contributed by atoms with Gasteiger partial charge in [-0.05, 0) is 37.9 Å². The van der Waals surface area contributed by atoms with Crippen molar-refractivity contribution in [3.8, 4) is 0 Å².